The van der Waals surface area contributed by atoms with Crippen LogP contribution >= 0.6 is 0 Å². The van der Waals surface area contributed by atoms with E-state index in [9.17, 15) is 18.6 Å². The summed E-state index contributed by atoms with van der Waals surface area (Å²) >= 11 is 0. The number of phenolic OH excluding ortho intramolecular Hbond substituents is 2. The molecule has 2 aromatic rings. The van der Waals surface area contributed by atoms with Crippen LogP contribution in [0.25, 0.3) is 11.1 Å². The predicted octanol–water partition coefficient (Wildman–Crippen LogP) is 2.01. The van der Waals surface area contributed by atoms with E-state index >= 15 is 0 Å². The summed E-state index contributed by atoms with van der Waals surface area (Å²) < 4.78 is 30.7. The van der Waals surface area contributed by atoms with Gasteiger partial charge in [0.2, 0.25) is 0 Å². The van der Waals surface area contributed by atoms with Crippen molar-refractivity contribution in [1.82, 2.24) is 0 Å². The Kier molecular flexibility index (Phi) is 2.98. The van der Waals surface area contributed by atoms with Crippen molar-refractivity contribution >= 4 is 10.1 Å². The molecule has 0 amide bonds. The molecule has 0 heterocycles. The molecule has 0 saturated heterocycles. The molecule has 0 atom stereocenters. The summed E-state index contributed by atoms with van der Waals surface area (Å²) in [5.74, 6) is -0.958. The summed E-state index contributed by atoms with van der Waals surface area (Å²) in [5, 5.41) is 19.3. The number of rotatable bonds is 2. The van der Waals surface area contributed by atoms with E-state index in [0.717, 1.165) is 12.1 Å². The van der Waals surface area contributed by atoms with Crippen LogP contribution in [-0.2, 0) is 10.1 Å². The van der Waals surface area contributed by atoms with Crippen molar-refractivity contribution < 1.29 is 23.2 Å². The summed E-state index contributed by atoms with van der Waals surface area (Å²) in [5.41, 5.74) is 0.896. The van der Waals surface area contributed by atoms with Crippen LogP contribution in [-0.4, -0.2) is 23.2 Å². The largest absolute Gasteiger partial charge is 0.507 e. The van der Waals surface area contributed by atoms with Gasteiger partial charge in [-0.2, -0.15) is 8.42 Å². The van der Waals surface area contributed by atoms with Gasteiger partial charge in [0.05, 0.1) is 0 Å². The minimum atomic E-state index is -4.56. The number of hydrogen-bond acceptors (Lipinski definition) is 4. The normalized spacial score (nSPS) is 11.4. The third-order valence-electron chi connectivity index (χ3n) is 2.44. The van der Waals surface area contributed by atoms with Crippen molar-refractivity contribution in [3.63, 3.8) is 0 Å². The second-order valence-electron chi connectivity index (χ2n) is 3.68. The average Bonchev–Trinajstić information content (AvgIpc) is 2.31. The molecular weight excluding hydrogens is 256 g/mol. The van der Waals surface area contributed by atoms with Crippen molar-refractivity contribution in [3.8, 4) is 22.6 Å². The first-order chi connectivity index (χ1) is 8.39. The zero-order valence-electron chi connectivity index (χ0n) is 9.11. The summed E-state index contributed by atoms with van der Waals surface area (Å²) in [7, 11) is -4.56. The van der Waals surface area contributed by atoms with Crippen LogP contribution in [0.1, 0.15) is 0 Å². The van der Waals surface area contributed by atoms with E-state index in [0.29, 0.717) is 5.56 Å². The minimum Gasteiger partial charge on any atom is -0.507 e. The summed E-state index contributed by atoms with van der Waals surface area (Å²) in [6.07, 6.45) is 0. The van der Waals surface area contributed by atoms with Gasteiger partial charge in [-0.25, -0.2) is 0 Å². The molecule has 18 heavy (non-hydrogen) atoms. The number of hydrogen-bond donors (Lipinski definition) is 3. The van der Waals surface area contributed by atoms with Crippen LogP contribution in [0, 0.1) is 0 Å². The summed E-state index contributed by atoms with van der Waals surface area (Å²) in [6.45, 7) is 0. The molecule has 0 aromatic heterocycles. The Balaban J connectivity index is 2.65. The molecule has 2 rings (SSSR count). The quantitative estimate of drug-likeness (QED) is 0.571. The molecule has 0 unspecified atom stereocenters. The van der Waals surface area contributed by atoms with Gasteiger partial charge in [0.25, 0.3) is 10.1 Å². The van der Waals surface area contributed by atoms with Crippen LogP contribution in [0.3, 0.4) is 0 Å². The lowest BCUT2D eigenvalue weighted by atomic mass is 10.0. The smallest absolute Gasteiger partial charge is 0.298 e. The Bertz CT molecular complexity index is 677. The summed E-state index contributed by atoms with van der Waals surface area (Å²) in [4.78, 5) is -0.723. The first-order valence-electron chi connectivity index (χ1n) is 4.98. The van der Waals surface area contributed by atoms with E-state index < -0.39 is 20.8 Å². The fraction of sp³-hybridized carbons (Fsp3) is 0. The molecule has 0 bridgehead atoms. The molecule has 0 radical (unpaired) electrons. The molecule has 5 nitrogen and oxygen atoms in total. The van der Waals surface area contributed by atoms with Crippen molar-refractivity contribution in [3.05, 3.63) is 42.5 Å². The molecule has 0 saturated carbocycles. The molecule has 0 aliphatic carbocycles. The molecule has 2 aromatic carbocycles. The molecular formula is C12H10O5S. The van der Waals surface area contributed by atoms with E-state index in [1.807, 2.05) is 0 Å². The first kappa shape index (κ1) is 12.4. The fourth-order valence-corrected chi connectivity index (χ4v) is 2.20. The second-order valence-corrected chi connectivity index (χ2v) is 5.07. The monoisotopic (exact) mass is 266 g/mol. The maximum absolute atomic E-state index is 10.9. The van der Waals surface area contributed by atoms with E-state index in [4.69, 9.17) is 4.55 Å². The van der Waals surface area contributed by atoms with Gasteiger partial charge < -0.3 is 10.2 Å². The Morgan fingerprint density at radius 1 is 0.889 bits per heavy atom. The standard InChI is InChI=1S/C12H10O5S/c13-10-7-12(18(15,16)17)11(14)6-9(10)8-4-2-1-3-5-8/h1-7,13-14H,(H,15,16,17). The Hall–Kier alpha value is -2.05. The van der Waals surface area contributed by atoms with Gasteiger partial charge in [0.1, 0.15) is 16.4 Å². The summed E-state index contributed by atoms with van der Waals surface area (Å²) in [6, 6.07) is 10.6. The molecule has 6 heteroatoms. The highest BCUT2D eigenvalue weighted by molar-refractivity contribution is 7.86. The fourth-order valence-electron chi connectivity index (χ4n) is 1.61. The van der Waals surface area contributed by atoms with Gasteiger partial charge in [0.15, 0.2) is 0 Å². The first-order valence-corrected chi connectivity index (χ1v) is 6.42. The predicted molar refractivity (Wildman–Crippen MR) is 65.0 cm³/mol. The zero-order chi connectivity index (χ0) is 13.3. The SMILES string of the molecule is O=S(=O)(O)c1cc(O)c(-c2ccccc2)cc1O. The molecule has 0 aliphatic heterocycles. The van der Waals surface area contributed by atoms with Crippen molar-refractivity contribution in [1.29, 1.82) is 0 Å². The Morgan fingerprint density at radius 2 is 1.50 bits per heavy atom. The number of aromatic hydroxyl groups is 2. The third kappa shape index (κ3) is 2.29. The molecule has 0 fully saturated rings. The molecule has 0 aliphatic rings. The molecule has 0 spiro atoms. The van der Waals surface area contributed by atoms with E-state index in [1.54, 1.807) is 30.3 Å². The van der Waals surface area contributed by atoms with Gasteiger partial charge in [-0.3, -0.25) is 4.55 Å². The Labute approximate surface area is 104 Å². The van der Waals surface area contributed by atoms with Crippen LogP contribution in [0.5, 0.6) is 11.5 Å². The average molecular weight is 266 g/mol. The van der Waals surface area contributed by atoms with Gasteiger partial charge in [-0.15, -0.1) is 0 Å². The van der Waals surface area contributed by atoms with E-state index in [2.05, 4.69) is 0 Å². The lowest BCUT2D eigenvalue weighted by molar-refractivity contribution is 0.434. The van der Waals surface area contributed by atoms with Crippen molar-refractivity contribution in [2.45, 2.75) is 4.90 Å². The zero-order valence-corrected chi connectivity index (χ0v) is 9.92. The van der Waals surface area contributed by atoms with Gasteiger partial charge in [0, 0.05) is 11.6 Å². The van der Waals surface area contributed by atoms with Crippen LogP contribution in [0.15, 0.2) is 47.4 Å². The van der Waals surface area contributed by atoms with Crippen LogP contribution in [0.2, 0.25) is 0 Å². The van der Waals surface area contributed by atoms with Crippen LogP contribution in [0.4, 0.5) is 0 Å². The maximum atomic E-state index is 10.9. The maximum Gasteiger partial charge on any atom is 0.298 e. The highest BCUT2D eigenvalue weighted by Gasteiger charge is 2.19. The van der Waals surface area contributed by atoms with Gasteiger partial charge >= 0.3 is 0 Å². The van der Waals surface area contributed by atoms with E-state index in [-0.39, 0.29) is 11.3 Å². The van der Waals surface area contributed by atoms with Crippen LogP contribution < -0.4 is 0 Å². The topological polar surface area (TPSA) is 94.8 Å². The second kappa shape index (κ2) is 4.32. The van der Waals surface area contributed by atoms with E-state index in [1.165, 1.54) is 0 Å². The highest BCUT2D eigenvalue weighted by Crippen LogP contribution is 2.36. The number of phenols is 2. The highest BCUT2D eigenvalue weighted by atomic mass is 32.2. The van der Waals surface area contributed by atoms with Crippen molar-refractivity contribution in [2.24, 2.45) is 0 Å². The Morgan fingerprint density at radius 3 is 2.06 bits per heavy atom. The lowest BCUT2D eigenvalue weighted by Gasteiger charge is -2.08. The molecule has 3 N–H and O–H groups in total. The lowest BCUT2D eigenvalue weighted by Crippen LogP contribution is -1.98. The molecule has 94 valence electrons. The number of benzene rings is 2. The van der Waals surface area contributed by atoms with Gasteiger partial charge in [-0.1, -0.05) is 30.3 Å². The van der Waals surface area contributed by atoms with Gasteiger partial charge in [-0.05, 0) is 11.6 Å². The third-order valence-corrected chi connectivity index (χ3v) is 3.32. The van der Waals surface area contributed by atoms with Crippen molar-refractivity contribution in [2.75, 3.05) is 0 Å². The minimum absolute atomic E-state index is 0.278.